The molecule has 1 heterocycles. The molecule has 1 aromatic rings. The summed E-state index contributed by atoms with van der Waals surface area (Å²) in [5.74, 6) is -0.352. The molecule has 0 radical (unpaired) electrons. The molecule has 0 saturated heterocycles. The molecule has 1 aliphatic rings. The molecule has 0 spiro atoms. The molecule has 0 aliphatic carbocycles. The van der Waals surface area contributed by atoms with Gasteiger partial charge >= 0.3 is 29.6 Å². The maximum absolute atomic E-state index is 11.0. The summed E-state index contributed by atoms with van der Waals surface area (Å²) in [6, 6.07) is 7.47. The molecule has 4 nitrogen and oxygen atoms in total. The molecule has 0 atom stereocenters. The number of hydrogen-bond acceptors (Lipinski definition) is 3. The third-order valence-electron chi connectivity index (χ3n) is 2.60. The zero-order valence-corrected chi connectivity index (χ0v) is 10.6. The third kappa shape index (κ3) is 3.83. The normalized spacial score (nSPS) is 16.9. The molecular formula is C12H16NNaO3S. The summed E-state index contributed by atoms with van der Waals surface area (Å²) < 4.78 is 31.0. The van der Waals surface area contributed by atoms with Gasteiger partial charge in [-0.15, -0.1) is 0 Å². The molecule has 0 unspecified atom stereocenters. The van der Waals surface area contributed by atoms with Crippen molar-refractivity contribution in [1.29, 1.82) is 0 Å². The van der Waals surface area contributed by atoms with Crippen molar-refractivity contribution in [3.05, 3.63) is 35.9 Å². The first-order valence-corrected chi connectivity index (χ1v) is 6.92. The van der Waals surface area contributed by atoms with E-state index in [9.17, 15) is 8.42 Å². The van der Waals surface area contributed by atoms with E-state index in [1.807, 2.05) is 44.2 Å². The molecule has 2 N–H and O–H groups in total. The van der Waals surface area contributed by atoms with Crippen molar-refractivity contribution in [3.8, 4) is 0 Å². The number of nitrogens with one attached hydrogen (secondary N) is 1. The van der Waals surface area contributed by atoms with Gasteiger partial charge in [0.05, 0.1) is 5.54 Å². The van der Waals surface area contributed by atoms with Gasteiger partial charge in [-0.2, -0.15) is 8.42 Å². The third-order valence-corrected chi connectivity index (χ3v) is 3.28. The van der Waals surface area contributed by atoms with Crippen LogP contribution < -0.4 is 5.32 Å². The van der Waals surface area contributed by atoms with Crippen molar-refractivity contribution in [3.63, 3.8) is 0 Å². The molecule has 18 heavy (non-hydrogen) atoms. The van der Waals surface area contributed by atoms with Crippen LogP contribution in [0.5, 0.6) is 0 Å². The Morgan fingerprint density at radius 3 is 2.50 bits per heavy atom. The molecular weight excluding hydrogens is 261 g/mol. The van der Waals surface area contributed by atoms with Crippen molar-refractivity contribution >= 4 is 50.9 Å². The van der Waals surface area contributed by atoms with Crippen molar-refractivity contribution in [2.75, 3.05) is 11.1 Å². The van der Waals surface area contributed by atoms with E-state index in [0.29, 0.717) is 5.57 Å². The Morgan fingerprint density at radius 2 is 1.89 bits per heavy atom. The fraction of sp³-hybridized carbons (Fsp3) is 0.333. The zero-order chi connectivity index (χ0) is 12.7. The Labute approximate surface area is 130 Å². The predicted octanol–water partition coefficient (Wildman–Crippen LogP) is 1.51. The second-order valence-corrected chi connectivity index (χ2v) is 6.24. The fourth-order valence-electron chi connectivity index (χ4n) is 2.08. The van der Waals surface area contributed by atoms with Crippen molar-refractivity contribution in [2.45, 2.75) is 19.4 Å². The van der Waals surface area contributed by atoms with Crippen molar-refractivity contribution in [2.24, 2.45) is 0 Å². The summed E-state index contributed by atoms with van der Waals surface area (Å²) >= 11 is 0. The summed E-state index contributed by atoms with van der Waals surface area (Å²) in [6.07, 6.45) is 1.84. The summed E-state index contributed by atoms with van der Waals surface area (Å²) in [4.78, 5) is 0. The second kappa shape index (κ2) is 5.35. The molecule has 0 amide bonds. The molecule has 94 valence electrons. The second-order valence-electron chi connectivity index (χ2n) is 4.79. The monoisotopic (exact) mass is 277 g/mol. The summed E-state index contributed by atoms with van der Waals surface area (Å²) in [6.45, 7) is 3.90. The molecule has 0 saturated carbocycles. The van der Waals surface area contributed by atoms with Crippen LogP contribution in [0.3, 0.4) is 0 Å². The minimum atomic E-state index is -4.01. The van der Waals surface area contributed by atoms with Gasteiger partial charge in [0.25, 0.3) is 10.1 Å². The first kappa shape index (κ1) is 15.7. The van der Waals surface area contributed by atoms with Crippen molar-refractivity contribution in [1.82, 2.24) is 0 Å². The van der Waals surface area contributed by atoms with E-state index in [1.54, 1.807) is 0 Å². The van der Waals surface area contributed by atoms with Crippen LogP contribution in [0, 0.1) is 0 Å². The first-order chi connectivity index (χ1) is 7.77. The van der Waals surface area contributed by atoms with Crippen LogP contribution in [-0.2, 0) is 10.1 Å². The number of para-hydroxylation sites is 1. The Hall–Kier alpha value is -0.330. The topological polar surface area (TPSA) is 66.4 Å². The molecule has 1 aliphatic heterocycles. The maximum atomic E-state index is 11.0. The van der Waals surface area contributed by atoms with E-state index in [0.717, 1.165) is 11.3 Å². The Bertz CT molecular complexity index is 579. The molecule has 6 heteroatoms. The number of rotatable bonds is 2. The zero-order valence-electron chi connectivity index (χ0n) is 9.77. The average molecular weight is 277 g/mol. The summed E-state index contributed by atoms with van der Waals surface area (Å²) in [5, 5.41) is 3.30. The Kier molecular flexibility index (Phi) is 4.67. The van der Waals surface area contributed by atoms with E-state index in [2.05, 4.69) is 5.32 Å². The van der Waals surface area contributed by atoms with Crippen LogP contribution in [0.4, 0.5) is 5.69 Å². The van der Waals surface area contributed by atoms with Gasteiger partial charge in [-0.3, -0.25) is 4.55 Å². The van der Waals surface area contributed by atoms with Crippen molar-refractivity contribution < 1.29 is 13.0 Å². The van der Waals surface area contributed by atoms with E-state index in [4.69, 9.17) is 4.55 Å². The Balaban J connectivity index is 0.00000162. The summed E-state index contributed by atoms with van der Waals surface area (Å²) in [5.41, 5.74) is 2.02. The SMILES string of the molecule is CC1(C)C=C(CS(=O)(=O)O)c2ccccc2N1.[NaH]. The van der Waals surface area contributed by atoms with Crippen LogP contribution in [0.15, 0.2) is 30.3 Å². The van der Waals surface area contributed by atoms with Crippen LogP contribution in [0.25, 0.3) is 5.57 Å². The number of anilines is 1. The van der Waals surface area contributed by atoms with Gasteiger partial charge < -0.3 is 5.32 Å². The predicted molar refractivity (Wildman–Crippen MR) is 75.7 cm³/mol. The van der Waals surface area contributed by atoms with Crippen LogP contribution in [0.2, 0.25) is 0 Å². The number of hydrogen-bond donors (Lipinski definition) is 2. The van der Waals surface area contributed by atoms with Crippen LogP contribution in [-0.4, -0.2) is 53.8 Å². The average Bonchev–Trinajstić information content (AvgIpc) is 2.13. The van der Waals surface area contributed by atoms with Gasteiger partial charge in [-0.05, 0) is 25.5 Å². The van der Waals surface area contributed by atoms with Gasteiger partial charge in [-0.1, -0.05) is 24.3 Å². The number of fused-ring (bicyclic) bond motifs is 1. The Morgan fingerprint density at radius 1 is 1.28 bits per heavy atom. The van der Waals surface area contributed by atoms with Gasteiger partial charge in [0.2, 0.25) is 0 Å². The van der Waals surface area contributed by atoms with Crippen LogP contribution >= 0.6 is 0 Å². The number of benzene rings is 1. The van der Waals surface area contributed by atoms with Gasteiger partial charge in [0, 0.05) is 11.3 Å². The minimum absolute atomic E-state index is 0. The van der Waals surface area contributed by atoms with Gasteiger partial charge in [0.1, 0.15) is 5.75 Å². The van der Waals surface area contributed by atoms with E-state index >= 15 is 0 Å². The van der Waals surface area contributed by atoms with Gasteiger partial charge in [0.15, 0.2) is 0 Å². The van der Waals surface area contributed by atoms with E-state index in [-0.39, 0.29) is 40.8 Å². The molecule has 0 fully saturated rings. The molecule has 1 aromatic carbocycles. The van der Waals surface area contributed by atoms with Gasteiger partial charge in [-0.25, -0.2) is 0 Å². The summed E-state index contributed by atoms with van der Waals surface area (Å²) in [7, 11) is -4.01. The standard InChI is InChI=1S/C12H15NO3S.Na.H/c1-12(2)7-9(8-17(14,15)16)10-5-3-4-6-11(10)13-12;;/h3-7,13H,8H2,1-2H3,(H,14,15,16);;. The van der Waals surface area contributed by atoms with E-state index in [1.165, 1.54) is 0 Å². The van der Waals surface area contributed by atoms with E-state index < -0.39 is 10.1 Å². The quantitative estimate of drug-likeness (QED) is 0.635. The molecule has 2 rings (SSSR count). The fourth-order valence-corrected chi connectivity index (χ4v) is 2.72. The van der Waals surface area contributed by atoms with Crippen LogP contribution in [0.1, 0.15) is 19.4 Å². The first-order valence-electron chi connectivity index (χ1n) is 5.31. The molecule has 0 aromatic heterocycles. The molecule has 0 bridgehead atoms.